The van der Waals surface area contributed by atoms with Crippen molar-refractivity contribution < 1.29 is 33.7 Å². The molecule has 1 rings (SSSR count). The Kier molecular flexibility index (Phi) is 5.56. The molecule has 126 valence electrons. The van der Waals surface area contributed by atoms with E-state index in [-0.39, 0.29) is 16.8 Å². The molecular weight excluding hydrogens is 306 g/mol. The number of benzene rings is 1. The number of nitrogens with one attached hydrogen (secondary N) is 1. The van der Waals surface area contributed by atoms with Gasteiger partial charge in [-0.2, -0.15) is 0 Å². The molecule has 0 aliphatic heterocycles. The highest BCUT2D eigenvalue weighted by atomic mass is 16.6. The number of rotatable bonds is 3. The van der Waals surface area contributed by atoms with Crippen molar-refractivity contribution >= 4 is 23.7 Å². The quantitative estimate of drug-likeness (QED) is 0.498. The maximum atomic E-state index is 11.8. The van der Waals surface area contributed by atoms with E-state index in [1.165, 1.54) is 0 Å². The molecule has 0 aliphatic rings. The Balaban J connectivity index is 3.25. The number of hydrogen-bond donors (Lipinski definition) is 2. The van der Waals surface area contributed by atoms with Crippen molar-refractivity contribution in [1.82, 2.24) is 0 Å². The first-order valence-corrected chi connectivity index (χ1v) is 6.62. The number of amides is 1. The number of phenols is 1. The zero-order valence-corrected chi connectivity index (χ0v) is 13.6. The topological polar surface area (TPSA) is 111 Å². The number of methoxy groups -OCH3 is 2. The van der Waals surface area contributed by atoms with Crippen LogP contribution in [0, 0.1) is 0 Å². The van der Waals surface area contributed by atoms with E-state index >= 15 is 0 Å². The molecule has 0 bridgehead atoms. The van der Waals surface area contributed by atoms with E-state index in [0.29, 0.717) is 0 Å². The van der Waals surface area contributed by atoms with Gasteiger partial charge in [-0.25, -0.2) is 14.4 Å². The first-order chi connectivity index (χ1) is 10.6. The van der Waals surface area contributed by atoms with E-state index < -0.39 is 29.4 Å². The Bertz CT molecular complexity index is 594. The average Bonchev–Trinajstić information content (AvgIpc) is 2.45. The van der Waals surface area contributed by atoms with Gasteiger partial charge in [-0.3, -0.25) is 5.32 Å². The molecule has 0 unspecified atom stereocenters. The predicted molar refractivity (Wildman–Crippen MR) is 80.6 cm³/mol. The van der Waals surface area contributed by atoms with Gasteiger partial charge < -0.3 is 19.3 Å². The summed E-state index contributed by atoms with van der Waals surface area (Å²) < 4.78 is 14.1. The van der Waals surface area contributed by atoms with Crippen LogP contribution in [0.2, 0.25) is 0 Å². The standard InChI is InChI=1S/C15H19NO7/c1-15(2,3)23-14(20)16-8-6-9(12(18)21-4)11(17)10(7-8)13(19)22-5/h6-7,17H,1-5H3,(H,16,20). The van der Waals surface area contributed by atoms with Crippen molar-refractivity contribution in [3.63, 3.8) is 0 Å². The summed E-state index contributed by atoms with van der Waals surface area (Å²) in [6.45, 7) is 5.05. The van der Waals surface area contributed by atoms with Crippen LogP contribution in [-0.2, 0) is 14.2 Å². The monoisotopic (exact) mass is 325 g/mol. The van der Waals surface area contributed by atoms with Gasteiger partial charge in [0.1, 0.15) is 22.5 Å². The largest absolute Gasteiger partial charge is 0.506 e. The van der Waals surface area contributed by atoms with E-state index in [1.807, 2.05) is 0 Å². The van der Waals surface area contributed by atoms with Gasteiger partial charge in [0, 0.05) is 5.69 Å². The predicted octanol–water partition coefficient (Wildman–Crippen LogP) is 2.31. The van der Waals surface area contributed by atoms with E-state index in [0.717, 1.165) is 26.4 Å². The number of hydrogen-bond acceptors (Lipinski definition) is 7. The highest BCUT2D eigenvalue weighted by Crippen LogP contribution is 2.29. The molecule has 1 aromatic carbocycles. The van der Waals surface area contributed by atoms with Crippen molar-refractivity contribution in [1.29, 1.82) is 0 Å². The maximum absolute atomic E-state index is 11.8. The molecule has 0 heterocycles. The van der Waals surface area contributed by atoms with Gasteiger partial charge in [-0.1, -0.05) is 0 Å². The number of phenolic OH excluding ortho intramolecular Hbond substituents is 1. The fourth-order valence-corrected chi connectivity index (χ4v) is 1.66. The SMILES string of the molecule is COC(=O)c1cc(NC(=O)OC(C)(C)C)cc(C(=O)OC)c1O. The van der Waals surface area contributed by atoms with Crippen molar-refractivity contribution in [3.05, 3.63) is 23.3 Å². The van der Waals surface area contributed by atoms with Gasteiger partial charge >= 0.3 is 18.0 Å². The Morgan fingerprint density at radius 2 is 1.43 bits per heavy atom. The number of carbonyl (C=O) groups excluding carboxylic acids is 3. The average molecular weight is 325 g/mol. The summed E-state index contributed by atoms with van der Waals surface area (Å²) in [6.07, 6.45) is -0.783. The highest BCUT2D eigenvalue weighted by molar-refractivity contribution is 6.02. The molecule has 2 N–H and O–H groups in total. The van der Waals surface area contributed by atoms with Crippen molar-refractivity contribution in [2.75, 3.05) is 19.5 Å². The molecule has 0 aliphatic carbocycles. The summed E-state index contributed by atoms with van der Waals surface area (Å²) in [5.74, 6) is -2.35. The van der Waals surface area contributed by atoms with Gasteiger partial charge in [0.25, 0.3) is 0 Å². The summed E-state index contributed by atoms with van der Waals surface area (Å²) in [7, 11) is 2.24. The van der Waals surface area contributed by atoms with E-state index in [4.69, 9.17) is 4.74 Å². The minimum atomic E-state index is -0.875. The van der Waals surface area contributed by atoms with Gasteiger partial charge in [0.15, 0.2) is 0 Å². The van der Waals surface area contributed by atoms with Crippen LogP contribution in [0.25, 0.3) is 0 Å². The lowest BCUT2D eigenvalue weighted by atomic mass is 10.1. The van der Waals surface area contributed by atoms with Gasteiger partial charge in [-0.05, 0) is 32.9 Å². The summed E-state index contributed by atoms with van der Waals surface area (Å²) in [6, 6.07) is 2.33. The van der Waals surface area contributed by atoms with Crippen LogP contribution in [0.15, 0.2) is 12.1 Å². The van der Waals surface area contributed by atoms with Crippen LogP contribution < -0.4 is 5.32 Å². The van der Waals surface area contributed by atoms with Crippen molar-refractivity contribution in [3.8, 4) is 5.75 Å². The lowest BCUT2D eigenvalue weighted by Gasteiger charge is -2.20. The molecule has 1 amide bonds. The van der Waals surface area contributed by atoms with Crippen LogP contribution in [0.1, 0.15) is 41.5 Å². The zero-order valence-electron chi connectivity index (χ0n) is 13.6. The number of ether oxygens (including phenoxy) is 3. The molecule has 0 saturated heterocycles. The molecule has 0 radical (unpaired) electrons. The number of esters is 2. The molecule has 8 heteroatoms. The third-order valence-electron chi connectivity index (χ3n) is 2.57. The Morgan fingerprint density at radius 3 is 1.78 bits per heavy atom. The van der Waals surface area contributed by atoms with Crippen LogP contribution >= 0.6 is 0 Å². The lowest BCUT2D eigenvalue weighted by molar-refractivity contribution is 0.0585. The summed E-state index contributed by atoms with van der Waals surface area (Å²) in [4.78, 5) is 35.2. The minimum Gasteiger partial charge on any atom is -0.506 e. The van der Waals surface area contributed by atoms with E-state index in [9.17, 15) is 19.5 Å². The molecule has 0 aromatic heterocycles. The summed E-state index contributed by atoms with van der Waals surface area (Å²) in [5, 5.41) is 12.4. The molecule has 0 saturated carbocycles. The Morgan fingerprint density at radius 1 is 1.00 bits per heavy atom. The maximum Gasteiger partial charge on any atom is 0.412 e. The lowest BCUT2D eigenvalue weighted by Crippen LogP contribution is -2.27. The van der Waals surface area contributed by atoms with E-state index in [1.54, 1.807) is 20.8 Å². The molecule has 0 spiro atoms. The van der Waals surface area contributed by atoms with Crippen LogP contribution in [0.3, 0.4) is 0 Å². The smallest absolute Gasteiger partial charge is 0.412 e. The summed E-state index contributed by atoms with van der Waals surface area (Å²) >= 11 is 0. The van der Waals surface area contributed by atoms with Crippen molar-refractivity contribution in [2.45, 2.75) is 26.4 Å². The van der Waals surface area contributed by atoms with Crippen LogP contribution in [0.4, 0.5) is 10.5 Å². The zero-order chi connectivity index (χ0) is 17.8. The molecule has 0 atom stereocenters. The first-order valence-electron chi connectivity index (χ1n) is 6.62. The second-order valence-corrected chi connectivity index (χ2v) is 5.53. The second kappa shape index (κ2) is 6.99. The molecule has 0 fully saturated rings. The second-order valence-electron chi connectivity index (χ2n) is 5.53. The molecular formula is C15H19NO7. The fourth-order valence-electron chi connectivity index (χ4n) is 1.66. The van der Waals surface area contributed by atoms with E-state index in [2.05, 4.69) is 14.8 Å². The van der Waals surface area contributed by atoms with Crippen LogP contribution in [0.5, 0.6) is 5.75 Å². The fraction of sp³-hybridized carbons (Fsp3) is 0.400. The summed E-state index contributed by atoms with van der Waals surface area (Å²) in [5.41, 5.74) is -1.24. The highest BCUT2D eigenvalue weighted by Gasteiger charge is 2.23. The normalized spacial score (nSPS) is 10.7. The number of carbonyl (C=O) groups is 3. The third-order valence-corrected chi connectivity index (χ3v) is 2.57. The van der Waals surface area contributed by atoms with Gasteiger partial charge in [-0.15, -0.1) is 0 Å². The third kappa shape index (κ3) is 4.87. The molecule has 1 aromatic rings. The first kappa shape index (κ1) is 18.3. The van der Waals surface area contributed by atoms with Gasteiger partial charge in [0.2, 0.25) is 0 Å². The molecule has 23 heavy (non-hydrogen) atoms. The van der Waals surface area contributed by atoms with Crippen molar-refractivity contribution in [2.24, 2.45) is 0 Å². The number of aromatic hydroxyl groups is 1. The van der Waals surface area contributed by atoms with Gasteiger partial charge in [0.05, 0.1) is 14.2 Å². The van der Waals surface area contributed by atoms with Crippen LogP contribution in [-0.4, -0.2) is 43.0 Å². The molecule has 8 nitrogen and oxygen atoms in total. The Labute approximate surface area is 133 Å². The Hall–Kier alpha value is -2.77. The minimum absolute atomic E-state index is 0.0675. The number of anilines is 1.